The quantitative estimate of drug-likeness (QED) is 0.466. The zero-order valence-corrected chi connectivity index (χ0v) is 14.3. The fourth-order valence-electron chi connectivity index (χ4n) is 2.50. The zero-order valence-electron chi connectivity index (χ0n) is 13.6. The van der Waals surface area contributed by atoms with Gasteiger partial charge in [-0.05, 0) is 55.3 Å². The number of anilines is 1. The molecule has 3 rings (SSSR count). The summed E-state index contributed by atoms with van der Waals surface area (Å²) < 4.78 is 0. The van der Waals surface area contributed by atoms with Crippen LogP contribution in [0.3, 0.4) is 0 Å². The van der Waals surface area contributed by atoms with E-state index in [-0.39, 0.29) is 17.3 Å². The Morgan fingerprint density at radius 3 is 2.44 bits per heavy atom. The number of nitro groups is 1. The molecule has 1 aliphatic rings. The van der Waals surface area contributed by atoms with E-state index >= 15 is 0 Å². The Hall–Kier alpha value is -2.99. The lowest BCUT2D eigenvalue weighted by molar-refractivity contribution is -0.384. The number of rotatable bonds is 3. The van der Waals surface area contributed by atoms with Gasteiger partial charge in [-0.25, -0.2) is 4.99 Å². The summed E-state index contributed by atoms with van der Waals surface area (Å²) in [6.45, 7) is 3.63. The highest BCUT2D eigenvalue weighted by molar-refractivity contribution is 6.32. The summed E-state index contributed by atoms with van der Waals surface area (Å²) in [6.07, 6.45) is 1.60. The van der Waals surface area contributed by atoms with Crippen molar-refractivity contribution in [2.75, 3.05) is 4.90 Å². The molecule has 0 N–H and O–H groups in total. The van der Waals surface area contributed by atoms with Gasteiger partial charge in [0.25, 0.3) is 11.6 Å². The Morgan fingerprint density at radius 2 is 1.84 bits per heavy atom. The molecule has 7 heteroatoms. The number of aliphatic imine (C=N–C) groups is 1. The van der Waals surface area contributed by atoms with Crippen LogP contribution in [0.15, 0.2) is 53.2 Å². The highest BCUT2D eigenvalue weighted by atomic mass is 35.5. The molecule has 0 aromatic heterocycles. The number of carbonyl (C=O) groups excluding carboxylic acids is 1. The number of amidine groups is 1. The molecule has 0 spiro atoms. The summed E-state index contributed by atoms with van der Waals surface area (Å²) in [4.78, 5) is 28.7. The third-order valence-electron chi connectivity index (χ3n) is 3.85. The molecule has 0 fully saturated rings. The van der Waals surface area contributed by atoms with Gasteiger partial charge in [0.2, 0.25) is 0 Å². The van der Waals surface area contributed by atoms with Crippen molar-refractivity contribution in [1.29, 1.82) is 0 Å². The van der Waals surface area contributed by atoms with E-state index in [2.05, 4.69) is 4.99 Å². The maximum absolute atomic E-state index is 12.7. The lowest BCUT2D eigenvalue weighted by Gasteiger charge is -2.16. The Balaban J connectivity index is 1.91. The van der Waals surface area contributed by atoms with Crippen LogP contribution < -0.4 is 4.90 Å². The number of aryl methyl sites for hydroxylation is 1. The topological polar surface area (TPSA) is 75.8 Å². The molecule has 126 valence electrons. The van der Waals surface area contributed by atoms with Gasteiger partial charge >= 0.3 is 0 Å². The summed E-state index contributed by atoms with van der Waals surface area (Å²) in [5.74, 6) is 0.272. The highest BCUT2D eigenvalue weighted by Crippen LogP contribution is 2.28. The van der Waals surface area contributed by atoms with E-state index in [4.69, 9.17) is 11.6 Å². The van der Waals surface area contributed by atoms with Crippen molar-refractivity contribution in [3.63, 3.8) is 0 Å². The first-order valence-electron chi connectivity index (χ1n) is 7.49. The first-order valence-corrected chi connectivity index (χ1v) is 7.86. The molecule has 0 atom stereocenters. The number of carbonyl (C=O) groups is 1. The minimum Gasteiger partial charge on any atom is -0.266 e. The van der Waals surface area contributed by atoms with Crippen LogP contribution in [0.4, 0.5) is 11.4 Å². The molecule has 0 saturated heterocycles. The standard InChI is InChI=1S/C18H14ClN3O3/c1-11-3-6-15(10-16(11)19)21-12(2)20-17(18(21)23)9-13-4-7-14(8-5-13)22(24)25/h3-10H,1-2H3/b17-9-. The van der Waals surface area contributed by atoms with Gasteiger partial charge in [0.1, 0.15) is 11.5 Å². The van der Waals surface area contributed by atoms with Gasteiger partial charge in [0.05, 0.1) is 10.6 Å². The summed E-state index contributed by atoms with van der Waals surface area (Å²) in [6, 6.07) is 11.3. The van der Waals surface area contributed by atoms with E-state index in [0.717, 1.165) is 5.56 Å². The van der Waals surface area contributed by atoms with E-state index in [1.54, 1.807) is 31.2 Å². The number of nitro benzene ring substituents is 1. The van der Waals surface area contributed by atoms with Gasteiger partial charge in [0.15, 0.2) is 0 Å². The smallest absolute Gasteiger partial charge is 0.266 e. The molecule has 0 unspecified atom stereocenters. The van der Waals surface area contributed by atoms with Gasteiger partial charge in [-0.15, -0.1) is 0 Å². The molecule has 2 aromatic carbocycles. The van der Waals surface area contributed by atoms with Crippen LogP contribution in [0.2, 0.25) is 5.02 Å². The second kappa shape index (κ2) is 6.49. The largest absolute Gasteiger partial charge is 0.282 e. The lowest BCUT2D eigenvalue weighted by Crippen LogP contribution is -2.30. The predicted molar refractivity (Wildman–Crippen MR) is 97.9 cm³/mol. The van der Waals surface area contributed by atoms with Gasteiger partial charge in [0, 0.05) is 17.2 Å². The normalized spacial score (nSPS) is 15.6. The first kappa shape index (κ1) is 16.9. The third-order valence-corrected chi connectivity index (χ3v) is 4.26. The van der Waals surface area contributed by atoms with Gasteiger partial charge in [-0.1, -0.05) is 17.7 Å². The van der Waals surface area contributed by atoms with Crippen molar-refractivity contribution in [2.24, 2.45) is 4.99 Å². The number of benzene rings is 2. The number of hydrogen-bond acceptors (Lipinski definition) is 4. The molecular formula is C18H14ClN3O3. The molecular weight excluding hydrogens is 342 g/mol. The minimum absolute atomic E-state index is 0.00416. The molecule has 2 aromatic rings. The summed E-state index contributed by atoms with van der Waals surface area (Å²) in [7, 11) is 0. The maximum atomic E-state index is 12.7. The minimum atomic E-state index is -0.469. The Bertz CT molecular complexity index is 933. The van der Waals surface area contributed by atoms with E-state index in [1.165, 1.54) is 17.0 Å². The van der Waals surface area contributed by atoms with E-state index < -0.39 is 4.92 Å². The number of halogens is 1. The van der Waals surface area contributed by atoms with E-state index in [9.17, 15) is 14.9 Å². The van der Waals surface area contributed by atoms with E-state index in [0.29, 0.717) is 22.1 Å². The van der Waals surface area contributed by atoms with Crippen molar-refractivity contribution in [3.8, 4) is 0 Å². The SMILES string of the molecule is CC1=N/C(=C\c2ccc([N+](=O)[O-])cc2)C(=O)N1c1ccc(C)c(Cl)c1. The van der Waals surface area contributed by atoms with Crippen LogP contribution in [-0.2, 0) is 4.79 Å². The number of hydrogen-bond donors (Lipinski definition) is 0. The summed E-state index contributed by atoms with van der Waals surface area (Å²) in [5.41, 5.74) is 2.50. The second-order valence-electron chi connectivity index (χ2n) is 5.61. The molecule has 0 radical (unpaired) electrons. The van der Waals surface area contributed by atoms with E-state index in [1.807, 2.05) is 19.1 Å². The van der Waals surface area contributed by atoms with Crippen molar-refractivity contribution in [1.82, 2.24) is 0 Å². The van der Waals surface area contributed by atoms with Gasteiger partial charge < -0.3 is 0 Å². The number of nitrogens with zero attached hydrogens (tertiary/aromatic N) is 3. The molecule has 1 heterocycles. The van der Waals surface area contributed by atoms with Gasteiger partial charge in [-0.2, -0.15) is 0 Å². The molecule has 1 aliphatic heterocycles. The van der Waals surface area contributed by atoms with Crippen molar-refractivity contribution in [3.05, 3.63) is 74.4 Å². The fraction of sp³-hybridized carbons (Fsp3) is 0.111. The molecule has 1 amide bonds. The Labute approximate surface area is 149 Å². The second-order valence-corrected chi connectivity index (χ2v) is 6.02. The average Bonchev–Trinajstić information content (AvgIpc) is 2.85. The van der Waals surface area contributed by atoms with Crippen LogP contribution in [0.1, 0.15) is 18.1 Å². The van der Waals surface area contributed by atoms with Gasteiger partial charge in [-0.3, -0.25) is 19.8 Å². The van der Waals surface area contributed by atoms with Crippen LogP contribution in [-0.4, -0.2) is 16.7 Å². The third kappa shape index (κ3) is 3.29. The van der Waals surface area contributed by atoms with Crippen LogP contribution in [0.5, 0.6) is 0 Å². The molecule has 0 bridgehead atoms. The Kier molecular flexibility index (Phi) is 4.37. The van der Waals surface area contributed by atoms with Crippen LogP contribution in [0.25, 0.3) is 6.08 Å². The fourth-order valence-corrected chi connectivity index (χ4v) is 2.68. The van der Waals surface area contributed by atoms with Crippen LogP contribution in [0, 0.1) is 17.0 Å². The molecule has 6 nitrogen and oxygen atoms in total. The first-order chi connectivity index (χ1) is 11.9. The maximum Gasteiger partial charge on any atom is 0.282 e. The zero-order chi connectivity index (χ0) is 18.1. The van der Waals surface area contributed by atoms with Crippen molar-refractivity contribution < 1.29 is 9.72 Å². The molecule has 25 heavy (non-hydrogen) atoms. The van der Waals surface area contributed by atoms with Crippen molar-refractivity contribution >= 4 is 40.8 Å². The monoisotopic (exact) mass is 355 g/mol. The predicted octanol–water partition coefficient (Wildman–Crippen LogP) is 4.36. The van der Waals surface area contributed by atoms with Crippen molar-refractivity contribution in [2.45, 2.75) is 13.8 Å². The lowest BCUT2D eigenvalue weighted by atomic mass is 10.1. The molecule has 0 aliphatic carbocycles. The highest BCUT2D eigenvalue weighted by Gasteiger charge is 2.29. The average molecular weight is 356 g/mol. The molecule has 0 saturated carbocycles. The summed E-state index contributed by atoms with van der Waals surface area (Å²) >= 11 is 6.15. The number of amides is 1. The summed E-state index contributed by atoms with van der Waals surface area (Å²) in [5, 5.41) is 11.3. The Morgan fingerprint density at radius 1 is 1.16 bits per heavy atom. The number of non-ortho nitro benzene ring substituents is 1. The van der Waals surface area contributed by atoms with Crippen LogP contribution >= 0.6 is 11.6 Å².